The van der Waals surface area contributed by atoms with Crippen molar-refractivity contribution in [2.24, 2.45) is 0 Å². The molecule has 1 aliphatic rings. The molecule has 3 aromatic rings. The first kappa shape index (κ1) is 18.8. The first-order valence-electron chi connectivity index (χ1n) is 9.22. The molecule has 0 unspecified atom stereocenters. The third kappa shape index (κ3) is 3.83. The fourth-order valence-corrected chi connectivity index (χ4v) is 5.02. The van der Waals surface area contributed by atoms with E-state index < -0.39 is 10.0 Å². The number of rotatable bonds is 5. The van der Waals surface area contributed by atoms with Crippen molar-refractivity contribution in [1.29, 1.82) is 0 Å². The Balaban J connectivity index is 1.54. The molecule has 2 aromatic heterocycles. The van der Waals surface area contributed by atoms with Crippen molar-refractivity contribution in [1.82, 2.24) is 19.5 Å². The van der Waals surface area contributed by atoms with Crippen LogP contribution in [0.15, 0.2) is 59.8 Å². The Hall–Kier alpha value is -2.58. The predicted octanol–water partition coefficient (Wildman–Crippen LogP) is 3.10. The monoisotopic (exact) mass is 400 g/mol. The van der Waals surface area contributed by atoms with E-state index in [9.17, 15) is 12.8 Å². The van der Waals surface area contributed by atoms with Gasteiger partial charge in [-0.05, 0) is 36.6 Å². The van der Waals surface area contributed by atoms with E-state index >= 15 is 0 Å². The lowest BCUT2D eigenvalue weighted by molar-refractivity contribution is 0.312. The van der Waals surface area contributed by atoms with Crippen LogP contribution in [0.2, 0.25) is 0 Å². The zero-order valence-corrected chi connectivity index (χ0v) is 16.1. The second-order valence-corrected chi connectivity index (χ2v) is 8.90. The van der Waals surface area contributed by atoms with E-state index in [1.165, 1.54) is 22.8 Å². The van der Waals surface area contributed by atoms with Crippen molar-refractivity contribution in [3.05, 3.63) is 77.6 Å². The Morgan fingerprint density at radius 2 is 2.04 bits per heavy atom. The first-order valence-corrected chi connectivity index (χ1v) is 10.7. The molecule has 1 atom stereocenters. The van der Waals surface area contributed by atoms with Gasteiger partial charge in [0, 0.05) is 43.0 Å². The molecule has 1 aliphatic heterocycles. The topological polar surface area (TPSA) is 79.0 Å². The van der Waals surface area contributed by atoms with Gasteiger partial charge in [-0.2, -0.15) is 9.40 Å². The van der Waals surface area contributed by atoms with Gasteiger partial charge >= 0.3 is 0 Å². The van der Waals surface area contributed by atoms with Crippen LogP contribution >= 0.6 is 0 Å². The zero-order valence-electron chi connectivity index (χ0n) is 15.3. The summed E-state index contributed by atoms with van der Waals surface area (Å²) in [4.78, 5) is 4.88. The van der Waals surface area contributed by atoms with Crippen molar-refractivity contribution in [2.75, 3.05) is 13.1 Å². The number of aromatic amines is 1. The van der Waals surface area contributed by atoms with Crippen LogP contribution in [0.1, 0.15) is 35.7 Å². The number of piperidine rings is 1. The molecule has 1 saturated heterocycles. The fraction of sp³-hybridized carbons (Fsp3) is 0.300. The number of halogens is 1. The Morgan fingerprint density at radius 1 is 1.18 bits per heavy atom. The van der Waals surface area contributed by atoms with Crippen LogP contribution in [-0.2, 0) is 16.4 Å². The smallest absolute Gasteiger partial charge is 0.246 e. The highest BCUT2D eigenvalue weighted by atomic mass is 32.2. The highest BCUT2D eigenvalue weighted by Gasteiger charge is 2.32. The van der Waals surface area contributed by atoms with E-state index in [0.29, 0.717) is 25.1 Å². The molecule has 0 saturated carbocycles. The third-order valence-corrected chi connectivity index (χ3v) is 6.90. The third-order valence-electron chi connectivity index (χ3n) is 5.07. The molecule has 3 heterocycles. The minimum Gasteiger partial charge on any atom is -0.284 e. The summed E-state index contributed by atoms with van der Waals surface area (Å²) in [5.74, 6) is -0.235. The quantitative estimate of drug-likeness (QED) is 0.714. The molecule has 0 bridgehead atoms. The molecule has 0 spiro atoms. The molecule has 28 heavy (non-hydrogen) atoms. The fourth-order valence-electron chi connectivity index (χ4n) is 3.59. The van der Waals surface area contributed by atoms with Gasteiger partial charge in [0.15, 0.2) is 0 Å². The van der Waals surface area contributed by atoms with Gasteiger partial charge in [0.2, 0.25) is 10.0 Å². The van der Waals surface area contributed by atoms with Crippen molar-refractivity contribution in [3.63, 3.8) is 0 Å². The molecular weight excluding hydrogens is 379 g/mol. The summed E-state index contributed by atoms with van der Waals surface area (Å²) in [5.41, 5.74) is 2.22. The van der Waals surface area contributed by atoms with Crippen molar-refractivity contribution in [2.45, 2.75) is 30.1 Å². The summed E-state index contributed by atoms with van der Waals surface area (Å²) >= 11 is 0. The van der Waals surface area contributed by atoms with E-state index in [2.05, 4.69) is 10.2 Å². The standard InChI is InChI=1S/C20H21FN4O2S/c21-19-8-2-1-5-15(19)11-17-7-3-9-20(24-17)16-6-4-10-25(14-16)28(26,27)18-12-22-23-13-18/h1-3,5,7-9,12-13,16H,4,6,10-11,14H2,(H,22,23)/t16-/m1/s1. The van der Waals surface area contributed by atoms with E-state index in [0.717, 1.165) is 24.2 Å². The van der Waals surface area contributed by atoms with Gasteiger partial charge in [0.25, 0.3) is 0 Å². The number of hydrogen-bond donors (Lipinski definition) is 1. The van der Waals surface area contributed by atoms with Crippen molar-refractivity contribution < 1.29 is 12.8 Å². The van der Waals surface area contributed by atoms with E-state index in [4.69, 9.17) is 4.98 Å². The Labute approximate surface area is 163 Å². The lowest BCUT2D eigenvalue weighted by Crippen LogP contribution is -2.39. The zero-order chi connectivity index (χ0) is 19.6. The molecule has 0 radical (unpaired) electrons. The number of hydrogen-bond acceptors (Lipinski definition) is 4. The van der Waals surface area contributed by atoms with Crippen LogP contribution in [0, 0.1) is 5.82 Å². The van der Waals surface area contributed by atoms with Gasteiger partial charge in [-0.1, -0.05) is 24.3 Å². The maximum Gasteiger partial charge on any atom is 0.246 e. The summed E-state index contributed by atoms with van der Waals surface area (Å²) in [6.07, 6.45) is 4.76. The average molecular weight is 400 g/mol. The second-order valence-electron chi connectivity index (χ2n) is 6.96. The first-order chi connectivity index (χ1) is 13.5. The maximum absolute atomic E-state index is 13.9. The lowest BCUT2D eigenvalue weighted by atomic mass is 9.95. The van der Waals surface area contributed by atoms with Gasteiger partial charge in [0.05, 0.1) is 6.20 Å². The predicted molar refractivity (Wildman–Crippen MR) is 103 cm³/mol. The molecule has 4 rings (SSSR count). The lowest BCUT2D eigenvalue weighted by Gasteiger charge is -2.31. The van der Waals surface area contributed by atoms with Crippen LogP contribution in [0.3, 0.4) is 0 Å². The molecule has 0 amide bonds. The minimum atomic E-state index is -3.56. The maximum atomic E-state index is 13.9. The van der Waals surface area contributed by atoms with Crippen LogP contribution < -0.4 is 0 Å². The van der Waals surface area contributed by atoms with Crippen LogP contribution in [-0.4, -0.2) is 41.0 Å². The minimum absolute atomic E-state index is 0.0102. The molecule has 8 heteroatoms. The summed E-state index contributed by atoms with van der Waals surface area (Å²) in [6, 6.07) is 12.4. The number of nitrogens with zero attached hydrogens (tertiary/aromatic N) is 3. The Morgan fingerprint density at radius 3 is 2.82 bits per heavy atom. The van der Waals surface area contributed by atoms with Crippen molar-refractivity contribution in [3.8, 4) is 0 Å². The largest absolute Gasteiger partial charge is 0.284 e. The average Bonchev–Trinajstić information content (AvgIpc) is 3.26. The molecule has 1 aromatic carbocycles. The van der Waals surface area contributed by atoms with Gasteiger partial charge in [0.1, 0.15) is 10.7 Å². The highest BCUT2D eigenvalue weighted by molar-refractivity contribution is 7.89. The van der Waals surface area contributed by atoms with Crippen LogP contribution in [0.25, 0.3) is 0 Å². The summed E-state index contributed by atoms with van der Waals surface area (Å²) in [7, 11) is -3.56. The molecular formula is C20H21FN4O2S. The number of pyridine rings is 1. The van der Waals surface area contributed by atoms with E-state index in [-0.39, 0.29) is 16.6 Å². The second kappa shape index (κ2) is 7.81. The molecule has 6 nitrogen and oxygen atoms in total. The van der Waals surface area contributed by atoms with E-state index in [1.807, 2.05) is 24.3 Å². The normalized spacial score (nSPS) is 18.2. The summed E-state index contributed by atoms with van der Waals surface area (Å²) in [6.45, 7) is 0.864. The van der Waals surface area contributed by atoms with Gasteiger partial charge in [-0.25, -0.2) is 12.8 Å². The van der Waals surface area contributed by atoms with Gasteiger partial charge < -0.3 is 0 Å². The van der Waals surface area contributed by atoms with Crippen molar-refractivity contribution >= 4 is 10.0 Å². The summed E-state index contributed by atoms with van der Waals surface area (Å²) in [5, 5.41) is 6.30. The number of nitrogens with one attached hydrogen (secondary N) is 1. The van der Waals surface area contributed by atoms with E-state index in [1.54, 1.807) is 12.1 Å². The van der Waals surface area contributed by atoms with Gasteiger partial charge in [-0.15, -0.1) is 0 Å². The number of sulfonamides is 1. The summed E-state index contributed by atoms with van der Waals surface area (Å²) < 4.78 is 41.0. The number of aromatic nitrogens is 3. The molecule has 0 aliphatic carbocycles. The SMILES string of the molecule is O=S(=O)(c1cn[nH]c1)N1CCC[C@@H](c2cccc(Cc3ccccc3F)n2)C1. The van der Waals surface area contributed by atoms with Crippen LogP contribution in [0.4, 0.5) is 4.39 Å². The van der Waals surface area contributed by atoms with Crippen LogP contribution in [0.5, 0.6) is 0 Å². The van der Waals surface area contributed by atoms with Gasteiger partial charge in [-0.3, -0.25) is 10.1 Å². The molecule has 1 N–H and O–H groups in total. The number of H-pyrrole nitrogens is 1. The number of benzene rings is 1. The molecule has 146 valence electrons. The Kier molecular flexibility index (Phi) is 5.23. The molecule has 1 fully saturated rings. The Bertz CT molecular complexity index is 1050. The highest BCUT2D eigenvalue weighted by Crippen LogP contribution is 2.29.